The van der Waals surface area contributed by atoms with Crippen LogP contribution in [0.25, 0.3) is 0 Å². The fraction of sp³-hybridized carbons (Fsp3) is 0.846. The number of aliphatic imine (C=N–C) groups is 1. The second kappa shape index (κ2) is 8.16. The summed E-state index contributed by atoms with van der Waals surface area (Å²) in [5, 5.41) is 21.2. The second-order valence-corrected chi connectivity index (χ2v) is 5.39. The van der Waals surface area contributed by atoms with E-state index in [4.69, 9.17) is 14.2 Å². The number of aliphatic hydroxyl groups excluding tert-OH is 1. The lowest BCUT2D eigenvalue weighted by Crippen LogP contribution is -2.44. The number of cyclic esters (lactones) is 1. The normalized spacial score (nSPS) is 22.2. The Labute approximate surface area is 128 Å². The highest BCUT2D eigenvalue weighted by Gasteiger charge is 2.40. The summed E-state index contributed by atoms with van der Waals surface area (Å²) in [4.78, 5) is 26.2. The molecular formula is C13H22N2O7. The Hall–Kier alpha value is -1.58. The van der Waals surface area contributed by atoms with Crippen molar-refractivity contribution in [3.8, 4) is 0 Å². The first-order valence-corrected chi connectivity index (χ1v) is 6.98. The van der Waals surface area contributed by atoms with Crippen molar-refractivity contribution in [2.45, 2.75) is 51.7 Å². The minimum absolute atomic E-state index is 0.0866. The van der Waals surface area contributed by atoms with Gasteiger partial charge in [0.1, 0.15) is 18.6 Å². The summed E-state index contributed by atoms with van der Waals surface area (Å²) in [6, 6.07) is -1.36. The lowest BCUT2D eigenvalue weighted by atomic mass is 10.0. The van der Waals surface area contributed by atoms with Crippen molar-refractivity contribution in [3.05, 3.63) is 10.1 Å². The zero-order valence-electron chi connectivity index (χ0n) is 13.1. The third-order valence-electron chi connectivity index (χ3n) is 3.32. The molecule has 1 unspecified atom stereocenters. The standard InChI is InChI=1S/C13H22N2O7/c1-7(2)11-13(17)22-10(14-11)5-9(15(18)19)12(16)8(3)21-6-20-4/h7-10,12,16H,5-6H2,1-4H3/t8-,9+,10?,12-/m0/s1. The molecule has 22 heavy (non-hydrogen) atoms. The van der Waals surface area contributed by atoms with Crippen LogP contribution in [0.4, 0.5) is 0 Å². The van der Waals surface area contributed by atoms with Crippen LogP contribution in [0.1, 0.15) is 27.2 Å². The molecule has 1 aliphatic rings. The zero-order chi connectivity index (χ0) is 16.9. The van der Waals surface area contributed by atoms with Gasteiger partial charge in [0, 0.05) is 18.0 Å². The van der Waals surface area contributed by atoms with Crippen LogP contribution in [-0.4, -0.2) is 60.1 Å². The highest BCUT2D eigenvalue weighted by Crippen LogP contribution is 2.20. The number of carbonyl (C=O) groups excluding carboxylic acids is 1. The average Bonchev–Trinajstić information content (AvgIpc) is 2.82. The molecule has 0 aliphatic carbocycles. The van der Waals surface area contributed by atoms with Crippen molar-refractivity contribution in [2.24, 2.45) is 10.9 Å². The number of nitro groups is 1. The molecule has 1 heterocycles. The van der Waals surface area contributed by atoms with E-state index in [0.717, 1.165) is 0 Å². The van der Waals surface area contributed by atoms with Gasteiger partial charge in [0.15, 0.2) is 6.23 Å². The summed E-state index contributed by atoms with van der Waals surface area (Å²) in [7, 11) is 1.41. The van der Waals surface area contributed by atoms with Gasteiger partial charge in [-0.3, -0.25) is 10.1 Å². The molecule has 0 saturated heterocycles. The van der Waals surface area contributed by atoms with Crippen LogP contribution in [-0.2, 0) is 19.0 Å². The van der Waals surface area contributed by atoms with E-state index in [1.807, 2.05) is 0 Å². The molecule has 126 valence electrons. The SMILES string of the molecule is COCO[C@@H](C)[C@H](O)[C@@H](CC1N=C(C(C)C)C(=O)O1)[N+](=O)[O-]. The lowest BCUT2D eigenvalue weighted by Gasteiger charge is -2.22. The van der Waals surface area contributed by atoms with Crippen molar-refractivity contribution in [3.63, 3.8) is 0 Å². The molecular weight excluding hydrogens is 296 g/mol. The predicted octanol–water partition coefficient (Wildman–Crippen LogP) is 0.372. The Bertz CT molecular complexity index is 438. The molecule has 0 radical (unpaired) electrons. The summed E-state index contributed by atoms with van der Waals surface area (Å²) in [5.41, 5.74) is 0.255. The maximum Gasteiger partial charge on any atom is 0.354 e. The molecule has 9 nitrogen and oxygen atoms in total. The quantitative estimate of drug-likeness (QED) is 0.282. The topological polar surface area (TPSA) is 120 Å². The molecule has 9 heteroatoms. The summed E-state index contributed by atoms with van der Waals surface area (Å²) < 4.78 is 14.8. The van der Waals surface area contributed by atoms with Crippen LogP contribution in [0, 0.1) is 16.0 Å². The number of methoxy groups -OCH3 is 1. The molecule has 0 aromatic rings. The van der Waals surface area contributed by atoms with Crippen molar-refractivity contribution in [1.82, 2.24) is 0 Å². The first-order valence-electron chi connectivity index (χ1n) is 6.98. The second-order valence-electron chi connectivity index (χ2n) is 5.39. The van der Waals surface area contributed by atoms with Gasteiger partial charge >= 0.3 is 5.97 Å². The summed E-state index contributed by atoms with van der Waals surface area (Å²) in [6.45, 7) is 4.98. The van der Waals surface area contributed by atoms with Crippen LogP contribution >= 0.6 is 0 Å². The third kappa shape index (κ3) is 4.72. The Morgan fingerprint density at radius 1 is 1.45 bits per heavy atom. The Morgan fingerprint density at radius 2 is 2.09 bits per heavy atom. The van der Waals surface area contributed by atoms with Crippen molar-refractivity contribution < 1.29 is 29.0 Å². The number of nitrogens with zero attached hydrogens (tertiary/aromatic N) is 2. The van der Waals surface area contributed by atoms with Gasteiger partial charge in [-0.2, -0.15) is 0 Å². The summed E-state index contributed by atoms with van der Waals surface area (Å²) in [6.07, 6.45) is -3.34. The van der Waals surface area contributed by atoms with Crippen LogP contribution in [0.3, 0.4) is 0 Å². The first-order chi connectivity index (χ1) is 10.3. The number of ether oxygens (including phenoxy) is 3. The van der Waals surface area contributed by atoms with E-state index in [1.165, 1.54) is 14.0 Å². The first kappa shape index (κ1) is 18.5. The van der Waals surface area contributed by atoms with Crippen molar-refractivity contribution in [1.29, 1.82) is 0 Å². The van der Waals surface area contributed by atoms with Crippen molar-refractivity contribution in [2.75, 3.05) is 13.9 Å². The van der Waals surface area contributed by atoms with E-state index in [0.29, 0.717) is 0 Å². The molecule has 0 spiro atoms. The number of carbonyl (C=O) groups is 1. The minimum Gasteiger partial charge on any atom is -0.435 e. The Balaban J connectivity index is 2.73. The van der Waals surface area contributed by atoms with Crippen molar-refractivity contribution >= 4 is 11.7 Å². The summed E-state index contributed by atoms with van der Waals surface area (Å²) in [5.74, 6) is -0.694. The number of hydrogen-bond donors (Lipinski definition) is 1. The minimum atomic E-state index is -1.37. The Morgan fingerprint density at radius 3 is 2.55 bits per heavy atom. The summed E-state index contributed by atoms with van der Waals surface area (Å²) >= 11 is 0. The van der Waals surface area contributed by atoms with Gasteiger partial charge in [-0.1, -0.05) is 13.8 Å². The van der Waals surface area contributed by atoms with Gasteiger partial charge in [-0.25, -0.2) is 9.79 Å². The highest BCUT2D eigenvalue weighted by atomic mass is 16.7. The smallest absolute Gasteiger partial charge is 0.354 e. The van der Waals surface area contributed by atoms with Gasteiger partial charge in [-0.05, 0) is 6.92 Å². The largest absolute Gasteiger partial charge is 0.435 e. The van der Waals surface area contributed by atoms with E-state index in [9.17, 15) is 20.0 Å². The number of aliphatic hydroxyl groups is 1. The average molecular weight is 318 g/mol. The maximum atomic E-state index is 11.6. The Kier molecular flexibility index (Phi) is 6.85. The predicted molar refractivity (Wildman–Crippen MR) is 76.0 cm³/mol. The number of esters is 1. The van der Waals surface area contributed by atoms with E-state index in [1.54, 1.807) is 13.8 Å². The van der Waals surface area contributed by atoms with Crippen LogP contribution < -0.4 is 0 Å². The molecule has 0 amide bonds. The highest BCUT2D eigenvalue weighted by molar-refractivity contribution is 6.38. The molecule has 0 bridgehead atoms. The lowest BCUT2D eigenvalue weighted by molar-refractivity contribution is -0.539. The molecule has 1 N–H and O–H groups in total. The number of rotatable bonds is 9. The van der Waals surface area contributed by atoms with Gasteiger partial charge in [0.25, 0.3) is 0 Å². The van der Waals surface area contributed by atoms with E-state index in [2.05, 4.69) is 4.99 Å². The van der Waals surface area contributed by atoms with E-state index >= 15 is 0 Å². The molecule has 0 fully saturated rings. The van der Waals surface area contributed by atoms with Gasteiger partial charge in [0.05, 0.1) is 12.5 Å². The maximum absolute atomic E-state index is 11.6. The fourth-order valence-corrected chi connectivity index (χ4v) is 2.05. The van der Waals surface area contributed by atoms with E-state index < -0.39 is 35.4 Å². The third-order valence-corrected chi connectivity index (χ3v) is 3.32. The number of hydrogen-bond acceptors (Lipinski definition) is 8. The molecule has 0 saturated carbocycles. The molecule has 4 atom stereocenters. The molecule has 1 rings (SSSR count). The van der Waals surface area contributed by atoms with Crippen LogP contribution in [0.15, 0.2) is 4.99 Å². The van der Waals surface area contributed by atoms with Gasteiger partial charge in [-0.15, -0.1) is 0 Å². The monoisotopic (exact) mass is 318 g/mol. The van der Waals surface area contributed by atoms with Gasteiger partial charge in [0.2, 0.25) is 6.04 Å². The zero-order valence-corrected chi connectivity index (χ0v) is 13.1. The fourth-order valence-electron chi connectivity index (χ4n) is 2.05. The van der Waals surface area contributed by atoms with Gasteiger partial charge < -0.3 is 19.3 Å². The van der Waals surface area contributed by atoms with Crippen LogP contribution in [0.2, 0.25) is 0 Å². The molecule has 1 aliphatic heterocycles. The van der Waals surface area contributed by atoms with Crippen LogP contribution in [0.5, 0.6) is 0 Å². The van der Waals surface area contributed by atoms with E-state index in [-0.39, 0.29) is 24.8 Å². The molecule has 0 aromatic heterocycles. The molecule has 0 aromatic carbocycles.